The van der Waals surface area contributed by atoms with Crippen molar-refractivity contribution < 1.29 is 17.9 Å². The van der Waals surface area contributed by atoms with Gasteiger partial charge in [-0.05, 0) is 43.2 Å². The highest BCUT2D eigenvalue weighted by atomic mass is 32.2. The molecular weight excluding hydrogens is 350 g/mol. The highest BCUT2D eigenvalue weighted by molar-refractivity contribution is 7.91. The van der Waals surface area contributed by atoms with Crippen LogP contribution in [0.3, 0.4) is 0 Å². The number of carbonyl (C=O) groups excluding carboxylic acids is 1. The van der Waals surface area contributed by atoms with Crippen LogP contribution >= 0.6 is 0 Å². The van der Waals surface area contributed by atoms with E-state index < -0.39 is 9.84 Å². The largest absolute Gasteiger partial charge is 0.497 e. The molecule has 1 atom stereocenters. The van der Waals surface area contributed by atoms with Crippen LogP contribution in [0.25, 0.3) is 0 Å². The molecule has 0 aromatic heterocycles. The Labute approximate surface area is 154 Å². The quantitative estimate of drug-likeness (QED) is 0.808. The Balaban J connectivity index is 1.90. The summed E-state index contributed by atoms with van der Waals surface area (Å²) in [5, 5.41) is 0. The molecule has 1 aliphatic rings. The second-order valence-corrected chi connectivity index (χ2v) is 8.94. The van der Waals surface area contributed by atoms with Crippen molar-refractivity contribution in [3.05, 3.63) is 65.2 Å². The van der Waals surface area contributed by atoms with E-state index in [4.69, 9.17) is 4.74 Å². The van der Waals surface area contributed by atoms with Crippen LogP contribution in [-0.4, -0.2) is 43.9 Å². The van der Waals surface area contributed by atoms with Crippen molar-refractivity contribution in [2.45, 2.75) is 25.9 Å². The second-order valence-electron chi connectivity index (χ2n) is 6.71. The molecule has 5 nitrogen and oxygen atoms in total. The smallest absolute Gasteiger partial charge is 0.254 e. The zero-order valence-corrected chi connectivity index (χ0v) is 15.8. The first-order chi connectivity index (χ1) is 12.4. The van der Waals surface area contributed by atoms with Crippen molar-refractivity contribution in [1.29, 1.82) is 0 Å². The van der Waals surface area contributed by atoms with Gasteiger partial charge in [0.25, 0.3) is 5.91 Å². The lowest BCUT2D eigenvalue weighted by Crippen LogP contribution is -2.40. The number of ether oxygens (including phenoxy) is 1. The number of aryl methyl sites for hydroxylation is 1. The van der Waals surface area contributed by atoms with Crippen molar-refractivity contribution in [1.82, 2.24) is 4.90 Å². The van der Waals surface area contributed by atoms with Gasteiger partial charge < -0.3 is 9.64 Å². The molecule has 0 aliphatic carbocycles. The molecule has 2 aromatic carbocycles. The standard InChI is InChI=1S/C20H23NO4S/c1-15-6-8-17(9-7-15)20(22)21(18-10-11-26(23,24)14-18)13-16-4-3-5-19(12-16)25-2/h3-9,12,18H,10-11,13-14H2,1-2H3/t18-/m0/s1. The maximum Gasteiger partial charge on any atom is 0.254 e. The lowest BCUT2D eigenvalue weighted by atomic mass is 10.1. The van der Waals surface area contributed by atoms with E-state index in [1.54, 1.807) is 24.1 Å². The average Bonchev–Trinajstić information content (AvgIpc) is 2.99. The molecule has 138 valence electrons. The Morgan fingerprint density at radius 2 is 1.92 bits per heavy atom. The van der Waals surface area contributed by atoms with E-state index in [1.165, 1.54) is 0 Å². The first-order valence-electron chi connectivity index (χ1n) is 8.59. The SMILES string of the molecule is COc1cccc(CN(C(=O)c2ccc(C)cc2)[C@H]2CCS(=O)(=O)C2)c1. The van der Waals surface area contributed by atoms with E-state index in [1.807, 2.05) is 43.3 Å². The van der Waals surface area contributed by atoms with Gasteiger partial charge in [-0.15, -0.1) is 0 Å². The van der Waals surface area contributed by atoms with Crippen molar-refractivity contribution in [3.8, 4) is 5.75 Å². The van der Waals surface area contributed by atoms with Crippen LogP contribution in [-0.2, 0) is 16.4 Å². The summed E-state index contributed by atoms with van der Waals surface area (Å²) >= 11 is 0. The Kier molecular flexibility index (Phi) is 5.32. The molecule has 1 aliphatic heterocycles. The first-order valence-corrected chi connectivity index (χ1v) is 10.4. The molecule has 1 amide bonds. The van der Waals surface area contributed by atoms with Crippen molar-refractivity contribution in [2.75, 3.05) is 18.6 Å². The van der Waals surface area contributed by atoms with Gasteiger partial charge in [0, 0.05) is 18.2 Å². The summed E-state index contributed by atoms with van der Waals surface area (Å²) in [7, 11) is -1.49. The van der Waals surface area contributed by atoms with Gasteiger partial charge in [-0.2, -0.15) is 0 Å². The minimum atomic E-state index is -3.09. The number of carbonyl (C=O) groups is 1. The zero-order chi connectivity index (χ0) is 18.7. The summed E-state index contributed by atoms with van der Waals surface area (Å²) in [6.45, 7) is 2.32. The van der Waals surface area contributed by atoms with Gasteiger partial charge in [-0.3, -0.25) is 4.79 Å². The molecule has 26 heavy (non-hydrogen) atoms. The summed E-state index contributed by atoms with van der Waals surface area (Å²) in [5.41, 5.74) is 2.56. The third-order valence-corrected chi connectivity index (χ3v) is 6.45. The second kappa shape index (κ2) is 7.50. The molecule has 1 saturated heterocycles. The van der Waals surface area contributed by atoms with E-state index in [9.17, 15) is 13.2 Å². The van der Waals surface area contributed by atoms with Crippen molar-refractivity contribution in [2.24, 2.45) is 0 Å². The number of nitrogens with zero attached hydrogens (tertiary/aromatic N) is 1. The van der Waals surface area contributed by atoms with Crippen LogP contribution < -0.4 is 4.74 Å². The summed E-state index contributed by atoms with van der Waals surface area (Å²) in [6.07, 6.45) is 0.476. The molecule has 0 radical (unpaired) electrons. The minimum absolute atomic E-state index is 0.0224. The Morgan fingerprint density at radius 1 is 1.19 bits per heavy atom. The highest BCUT2D eigenvalue weighted by Crippen LogP contribution is 2.24. The molecule has 6 heteroatoms. The van der Waals surface area contributed by atoms with E-state index in [0.717, 1.165) is 11.1 Å². The first kappa shape index (κ1) is 18.5. The zero-order valence-electron chi connectivity index (χ0n) is 15.0. The molecular formula is C20H23NO4S. The van der Waals surface area contributed by atoms with Gasteiger partial charge in [0.2, 0.25) is 0 Å². The van der Waals surface area contributed by atoms with E-state index in [-0.39, 0.29) is 23.5 Å². The normalized spacial score (nSPS) is 18.5. The van der Waals surface area contributed by atoms with Crippen molar-refractivity contribution >= 4 is 15.7 Å². The van der Waals surface area contributed by atoms with E-state index >= 15 is 0 Å². The summed E-state index contributed by atoms with van der Waals surface area (Å²) < 4.78 is 29.1. The maximum atomic E-state index is 13.1. The summed E-state index contributed by atoms with van der Waals surface area (Å²) in [4.78, 5) is 14.8. The molecule has 0 N–H and O–H groups in total. The number of methoxy groups -OCH3 is 1. The van der Waals surface area contributed by atoms with Crippen LogP contribution in [0.2, 0.25) is 0 Å². The molecule has 0 unspecified atom stereocenters. The number of hydrogen-bond donors (Lipinski definition) is 0. The fraction of sp³-hybridized carbons (Fsp3) is 0.350. The van der Waals surface area contributed by atoms with Crippen LogP contribution in [0.5, 0.6) is 5.75 Å². The molecule has 3 rings (SSSR count). The summed E-state index contributed by atoms with van der Waals surface area (Å²) in [6, 6.07) is 14.6. The van der Waals surface area contributed by atoms with Crippen LogP contribution in [0.15, 0.2) is 48.5 Å². The maximum absolute atomic E-state index is 13.1. The third-order valence-electron chi connectivity index (χ3n) is 4.70. The highest BCUT2D eigenvalue weighted by Gasteiger charge is 2.35. The monoisotopic (exact) mass is 373 g/mol. The van der Waals surface area contributed by atoms with Crippen LogP contribution in [0.4, 0.5) is 0 Å². The molecule has 1 fully saturated rings. The number of benzene rings is 2. The fourth-order valence-corrected chi connectivity index (χ4v) is 4.95. The topological polar surface area (TPSA) is 63.7 Å². The number of amides is 1. The number of hydrogen-bond acceptors (Lipinski definition) is 4. The average molecular weight is 373 g/mol. The third kappa shape index (κ3) is 4.25. The van der Waals surface area contributed by atoms with Gasteiger partial charge in [0.1, 0.15) is 5.75 Å². The van der Waals surface area contributed by atoms with Gasteiger partial charge in [-0.1, -0.05) is 29.8 Å². The molecule has 2 aromatic rings. The fourth-order valence-electron chi connectivity index (χ4n) is 3.22. The van der Waals surface area contributed by atoms with E-state index in [0.29, 0.717) is 24.3 Å². The Hall–Kier alpha value is -2.34. The lowest BCUT2D eigenvalue weighted by Gasteiger charge is -2.28. The van der Waals surface area contributed by atoms with Gasteiger partial charge in [-0.25, -0.2) is 8.42 Å². The predicted octanol–water partition coefficient (Wildman–Crippen LogP) is 2.83. The Bertz CT molecular complexity index is 890. The lowest BCUT2D eigenvalue weighted by molar-refractivity contribution is 0.0681. The van der Waals surface area contributed by atoms with Gasteiger partial charge in [0.05, 0.1) is 18.6 Å². The summed E-state index contributed by atoms with van der Waals surface area (Å²) in [5.74, 6) is 0.723. The van der Waals surface area contributed by atoms with Gasteiger partial charge >= 0.3 is 0 Å². The number of rotatable bonds is 5. The van der Waals surface area contributed by atoms with Crippen LogP contribution in [0, 0.1) is 6.92 Å². The molecule has 0 bridgehead atoms. The van der Waals surface area contributed by atoms with Crippen LogP contribution in [0.1, 0.15) is 27.9 Å². The molecule has 0 saturated carbocycles. The number of sulfone groups is 1. The van der Waals surface area contributed by atoms with Crippen molar-refractivity contribution in [3.63, 3.8) is 0 Å². The Morgan fingerprint density at radius 3 is 2.54 bits per heavy atom. The molecule has 1 heterocycles. The minimum Gasteiger partial charge on any atom is -0.497 e. The van der Waals surface area contributed by atoms with Gasteiger partial charge in [0.15, 0.2) is 9.84 Å². The molecule has 0 spiro atoms. The van der Waals surface area contributed by atoms with E-state index in [2.05, 4.69) is 0 Å². The predicted molar refractivity (Wildman–Crippen MR) is 101 cm³/mol.